The Morgan fingerprint density at radius 2 is 1.90 bits per heavy atom. The van der Waals surface area contributed by atoms with Gasteiger partial charge in [-0.3, -0.25) is 0 Å². The predicted molar refractivity (Wildman–Crippen MR) is 78.1 cm³/mol. The lowest BCUT2D eigenvalue weighted by Crippen LogP contribution is -2.46. The molecule has 0 amide bonds. The van der Waals surface area contributed by atoms with Gasteiger partial charge in [0.25, 0.3) is 0 Å². The first-order valence-electron chi connectivity index (χ1n) is 7.56. The van der Waals surface area contributed by atoms with Crippen molar-refractivity contribution in [2.24, 2.45) is 11.8 Å². The summed E-state index contributed by atoms with van der Waals surface area (Å²) in [5, 5.41) is 10.5. The molecule has 1 spiro atoms. The van der Waals surface area contributed by atoms with E-state index in [1.165, 1.54) is 6.42 Å². The molecule has 0 radical (unpaired) electrons. The molecule has 3 rings (SSSR count). The van der Waals surface area contributed by atoms with Crippen LogP contribution in [0.5, 0.6) is 11.5 Å². The van der Waals surface area contributed by atoms with Gasteiger partial charge in [-0.25, -0.2) is 0 Å². The van der Waals surface area contributed by atoms with Crippen molar-refractivity contribution in [2.75, 3.05) is 7.11 Å². The molecule has 3 heteroatoms. The second-order valence-corrected chi connectivity index (χ2v) is 6.76. The summed E-state index contributed by atoms with van der Waals surface area (Å²) in [6.07, 6.45) is 3.59. The molecule has 1 heterocycles. The summed E-state index contributed by atoms with van der Waals surface area (Å²) in [5.74, 6) is 2.91. The van der Waals surface area contributed by atoms with Crippen molar-refractivity contribution in [3.8, 4) is 11.5 Å². The SMILES string of the molecule is COc1ccc2c(c1)C(O)CC1(CC(C)CC(C)C1)O2. The van der Waals surface area contributed by atoms with E-state index in [0.29, 0.717) is 18.3 Å². The van der Waals surface area contributed by atoms with Crippen LogP contribution < -0.4 is 9.47 Å². The molecule has 1 aliphatic carbocycles. The van der Waals surface area contributed by atoms with Crippen LogP contribution in [0.2, 0.25) is 0 Å². The summed E-state index contributed by atoms with van der Waals surface area (Å²) < 4.78 is 11.6. The topological polar surface area (TPSA) is 38.7 Å². The molecule has 110 valence electrons. The summed E-state index contributed by atoms with van der Waals surface area (Å²) in [6.45, 7) is 4.58. The van der Waals surface area contributed by atoms with Gasteiger partial charge >= 0.3 is 0 Å². The lowest BCUT2D eigenvalue weighted by molar-refractivity contribution is -0.0624. The van der Waals surface area contributed by atoms with E-state index >= 15 is 0 Å². The quantitative estimate of drug-likeness (QED) is 0.850. The number of aliphatic hydroxyl groups is 1. The molecule has 1 fully saturated rings. The van der Waals surface area contributed by atoms with Crippen LogP contribution in [0.15, 0.2) is 18.2 Å². The molecule has 1 aromatic carbocycles. The van der Waals surface area contributed by atoms with Crippen LogP contribution in [0.4, 0.5) is 0 Å². The van der Waals surface area contributed by atoms with Crippen molar-refractivity contribution in [1.82, 2.24) is 0 Å². The Hall–Kier alpha value is -1.22. The highest BCUT2D eigenvalue weighted by atomic mass is 16.5. The molecular formula is C17H24O3. The largest absolute Gasteiger partial charge is 0.497 e. The number of fused-ring (bicyclic) bond motifs is 1. The van der Waals surface area contributed by atoms with Crippen LogP contribution in [0.3, 0.4) is 0 Å². The maximum Gasteiger partial charge on any atom is 0.126 e. The molecule has 1 aromatic rings. The first-order valence-corrected chi connectivity index (χ1v) is 7.56. The van der Waals surface area contributed by atoms with Crippen molar-refractivity contribution < 1.29 is 14.6 Å². The Bertz CT molecular complexity index is 487. The fraction of sp³-hybridized carbons (Fsp3) is 0.647. The zero-order chi connectivity index (χ0) is 14.3. The summed E-state index contributed by atoms with van der Waals surface area (Å²) in [6, 6.07) is 5.73. The summed E-state index contributed by atoms with van der Waals surface area (Å²) in [4.78, 5) is 0. The number of hydrogen-bond donors (Lipinski definition) is 1. The minimum absolute atomic E-state index is 0.182. The van der Waals surface area contributed by atoms with E-state index in [9.17, 15) is 5.11 Å². The lowest BCUT2D eigenvalue weighted by atomic mass is 9.70. The Morgan fingerprint density at radius 3 is 2.55 bits per heavy atom. The van der Waals surface area contributed by atoms with E-state index < -0.39 is 6.10 Å². The minimum Gasteiger partial charge on any atom is -0.497 e. The standard InChI is InChI=1S/C17H24O3/c1-11-6-12(2)9-17(8-11)10-15(18)14-7-13(19-3)4-5-16(14)20-17/h4-5,7,11-12,15,18H,6,8-10H2,1-3H3. The Kier molecular flexibility index (Phi) is 3.41. The van der Waals surface area contributed by atoms with Crippen LogP contribution in [-0.2, 0) is 0 Å². The van der Waals surface area contributed by atoms with Crippen molar-refractivity contribution in [2.45, 2.75) is 51.2 Å². The van der Waals surface area contributed by atoms with Gasteiger partial charge in [0, 0.05) is 12.0 Å². The molecule has 3 unspecified atom stereocenters. The Labute approximate surface area is 120 Å². The monoisotopic (exact) mass is 276 g/mol. The van der Waals surface area contributed by atoms with Crippen LogP contribution >= 0.6 is 0 Å². The molecule has 2 aliphatic rings. The van der Waals surface area contributed by atoms with Crippen LogP contribution in [0.1, 0.15) is 51.2 Å². The molecule has 1 saturated carbocycles. The molecule has 0 bridgehead atoms. The second-order valence-electron chi connectivity index (χ2n) is 6.76. The number of methoxy groups -OCH3 is 1. The highest BCUT2D eigenvalue weighted by Crippen LogP contribution is 2.49. The average molecular weight is 276 g/mol. The number of rotatable bonds is 1. The molecule has 1 aliphatic heterocycles. The Morgan fingerprint density at radius 1 is 1.20 bits per heavy atom. The molecule has 3 nitrogen and oxygen atoms in total. The summed E-state index contributed by atoms with van der Waals surface area (Å²) in [5.41, 5.74) is 0.679. The van der Waals surface area contributed by atoms with Gasteiger partial charge < -0.3 is 14.6 Å². The van der Waals surface area contributed by atoms with Gasteiger partial charge in [0.05, 0.1) is 13.2 Å². The third-order valence-electron chi connectivity index (χ3n) is 4.71. The van der Waals surface area contributed by atoms with Gasteiger partial charge in [-0.2, -0.15) is 0 Å². The van der Waals surface area contributed by atoms with Gasteiger partial charge in [-0.15, -0.1) is 0 Å². The lowest BCUT2D eigenvalue weighted by Gasteiger charge is -2.47. The highest BCUT2D eigenvalue weighted by Gasteiger charge is 2.45. The van der Waals surface area contributed by atoms with Crippen LogP contribution in [0, 0.1) is 11.8 Å². The van der Waals surface area contributed by atoms with Crippen LogP contribution in [-0.4, -0.2) is 17.8 Å². The first-order chi connectivity index (χ1) is 9.51. The van der Waals surface area contributed by atoms with Gasteiger partial charge in [0.2, 0.25) is 0 Å². The average Bonchev–Trinajstić information content (AvgIpc) is 2.36. The van der Waals surface area contributed by atoms with E-state index in [0.717, 1.165) is 29.9 Å². The smallest absolute Gasteiger partial charge is 0.126 e. The van der Waals surface area contributed by atoms with Gasteiger partial charge in [-0.05, 0) is 49.3 Å². The molecule has 0 aromatic heterocycles. The number of ether oxygens (including phenoxy) is 2. The maximum absolute atomic E-state index is 10.5. The summed E-state index contributed by atoms with van der Waals surface area (Å²) >= 11 is 0. The van der Waals surface area contributed by atoms with Gasteiger partial charge in [0.15, 0.2) is 0 Å². The molecule has 1 N–H and O–H groups in total. The molecule has 3 atom stereocenters. The van der Waals surface area contributed by atoms with Gasteiger partial charge in [0.1, 0.15) is 17.1 Å². The minimum atomic E-state index is -0.452. The van der Waals surface area contributed by atoms with Crippen molar-refractivity contribution in [3.05, 3.63) is 23.8 Å². The fourth-order valence-electron chi connectivity index (χ4n) is 4.20. The zero-order valence-electron chi connectivity index (χ0n) is 12.6. The molecule has 20 heavy (non-hydrogen) atoms. The number of aliphatic hydroxyl groups excluding tert-OH is 1. The second kappa shape index (κ2) is 4.96. The predicted octanol–water partition coefficient (Wildman–Crippen LogP) is 3.71. The molecular weight excluding hydrogens is 252 g/mol. The first kappa shape index (κ1) is 13.7. The summed E-state index contributed by atoms with van der Waals surface area (Å²) in [7, 11) is 1.64. The van der Waals surface area contributed by atoms with Crippen molar-refractivity contribution in [3.63, 3.8) is 0 Å². The highest BCUT2D eigenvalue weighted by molar-refractivity contribution is 5.43. The van der Waals surface area contributed by atoms with Gasteiger partial charge in [-0.1, -0.05) is 13.8 Å². The normalized spacial score (nSPS) is 36.3. The van der Waals surface area contributed by atoms with E-state index in [4.69, 9.17) is 9.47 Å². The number of benzene rings is 1. The third-order valence-corrected chi connectivity index (χ3v) is 4.71. The maximum atomic E-state index is 10.5. The zero-order valence-corrected chi connectivity index (χ0v) is 12.6. The van der Waals surface area contributed by atoms with E-state index in [2.05, 4.69) is 13.8 Å². The number of hydrogen-bond acceptors (Lipinski definition) is 3. The van der Waals surface area contributed by atoms with E-state index in [1.807, 2.05) is 18.2 Å². The van der Waals surface area contributed by atoms with E-state index in [-0.39, 0.29) is 5.60 Å². The third kappa shape index (κ3) is 2.39. The molecule has 0 saturated heterocycles. The van der Waals surface area contributed by atoms with Crippen molar-refractivity contribution in [1.29, 1.82) is 0 Å². The van der Waals surface area contributed by atoms with E-state index in [1.54, 1.807) is 7.11 Å². The van der Waals surface area contributed by atoms with Crippen LogP contribution in [0.25, 0.3) is 0 Å². The van der Waals surface area contributed by atoms with Crippen molar-refractivity contribution >= 4 is 0 Å². The fourth-order valence-corrected chi connectivity index (χ4v) is 4.20. The Balaban J connectivity index is 1.92.